The van der Waals surface area contributed by atoms with Crippen LogP contribution in [0.15, 0.2) is 18.2 Å². The molecule has 0 heterocycles. The largest absolute Gasteiger partial charge is 0.366 e. The lowest BCUT2D eigenvalue weighted by molar-refractivity contribution is 0.0996. The number of halogens is 1. The number of amides is 1. The fraction of sp³-hybridized carbons (Fsp3) is 0.222. The summed E-state index contributed by atoms with van der Waals surface area (Å²) >= 11 is 0. The number of benzene rings is 1. The Bertz CT molecular complexity index is 325. The molecule has 4 heteroatoms. The molecule has 0 fully saturated rings. The molecule has 0 saturated heterocycles. The number of rotatable bonds is 3. The Morgan fingerprint density at radius 1 is 1.46 bits per heavy atom. The summed E-state index contributed by atoms with van der Waals surface area (Å²) < 4.78 is 12.9. The fourth-order valence-corrected chi connectivity index (χ4v) is 1.08. The average molecular weight is 182 g/mol. The maximum atomic E-state index is 12.9. The first-order valence-corrected chi connectivity index (χ1v) is 3.93. The van der Waals surface area contributed by atoms with E-state index < -0.39 is 11.7 Å². The molecule has 0 radical (unpaired) electrons. The summed E-state index contributed by atoms with van der Waals surface area (Å²) in [6.07, 6.45) is 0.612. The van der Waals surface area contributed by atoms with Crippen molar-refractivity contribution in [3.63, 3.8) is 0 Å². The van der Waals surface area contributed by atoms with Crippen LogP contribution in [-0.2, 0) is 6.42 Å². The van der Waals surface area contributed by atoms with Gasteiger partial charge in [-0.15, -0.1) is 0 Å². The van der Waals surface area contributed by atoms with Crippen molar-refractivity contribution in [3.05, 3.63) is 35.1 Å². The van der Waals surface area contributed by atoms with Crippen LogP contribution in [0.3, 0.4) is 0 Å². The summed E-state index contributed by atoms with van der Waals surface area (Å²) in [4.78, 5) is 10.7. The molecule has 0 bridgehead atoms. The molecule has 1 aromatic rings. The summed E-state index contributed by atoms with van der Waals surface area (Å²) in [6.45, 7) is 0.462. The van der Waals surface area contributed by atoms with E-state index in [-0.39, 0.29) is 5.56 Å². The van der Waals surface area contributed by atoms with Gasteiger partial charge in [-0.25, -0.2) is 4.39 Å². The molecule has 70 valence electrons. The second-order valence-electron chi connectivity index (χ2n) is 2.72. The van der Waals surface area contributed by atoms with Crippen LogP contribution in [-0.4, -0.2) is 12.5 Å². The average Bonchev–Trinajstić information content (AvgIpc) is 2.08. The predicted molar refractivity (Wildman–Crippen MR) is 47.7 cm³/mol. The molecule has 0 spiro atoms. The smallest absolute Gasteiger partial charge is 0.251 e. The molecule has 0 unspecified atom stereocenters. The number of hydrogen-bond donors (Lipinski definition) is 2. The standard InChI is InChI=1S/C9H11FN2O/c10-8-2-1-6(3-4-11)5-7(8)9(12)13/h1-2,5H,3-4,11H2,(H2,12,13). The number of carbonyl (C=O) groups is 1. The lowest BCUT2D eigenvalue weighted by Gasteiger charge is -2.02. The first-order valence-electron chi connectivity index (χ1n) is 3.93. The van der Waals surface area contributed by atoms with E-state index in [1.165, 1.54) is 12.1 Å². The van der Waals surface area contributed by atoms with Crippen molar-refractivity contribution in [1.29, 1.82) is 0 Å². The highest BCUT2D eigenvalue weighted by Gasteiger charge is 2.07. The predicted octanol–water partition coefficient (Wildman–Crippen LogP) is 0.426. The molecule has 4 N–H and O–H groups in total. The number of hydrogen-bond acceptors (Lipinski definition) is 2. The first kappa shape index (κ1) is 9.67. The normalized spacial score (nSPS) is 10.0. The molecule has 3 nitrogen and oxygen atoms in total. The maximum Gasteiger partial charge on any atom is 0.251 e. The lowest BCUT2D eigenvalue weighted by Crippen LogP contribution is -2.14. The van der Waals surface area contributed by atoms with Gasteiger partial charge in [-0.2, -0.15) is 0 Å². The van der Waals surface area contributed by atoms with E-state index in [0.717, 1.165) is 5.56 Å². The monoisotopic (exact) mass is 182 g/mol. The van der Waals surface area contributed by atoms with E-state index in [0.29, 0.717) is 13.0 Å². The van der Waals surface area contributed by atoms with Crippen molar-refractivity contribution in [3.8, 4) is 0 Å². The molecule has 1 rings (SSSR count). The maximum absolute atomic E-state index is 12.9. The molecule has 0 aliphatic rings. The van der Waals surface area contributed by atoms with Gasteiger partial charge in [0.15, 0.2) is 0 Å². The van der Waals surface area contributed by atoms with Gasteiger partial charge in [0, 0.05) is 0 Å². The molecular weight excluding hydrogens is 171 g/mol. The third-order valence-electron chi connectivity index (χ3n) is 1.73. The summed E-state index contributed by atoms with van der Waals surface area (Å²) in [5.41, 5.74) is 11.0. The lowest BCUT2D eigenvalue weighted by atomic mass is 10.1. The second kappa shape index (κ2) is 4.00. The Balaban J connectivity index is 3.04. The zero-order chi connectivity index (χ0) is 9.84. The van der Waals surface area contributed by atoms with E-state index in [2.05, 4.69) is 0 Å². The van der Waals surface area contributed by atoms with Gasteiger partial charge in [0.2, 0.25) is 0 Å². The van der Waals surface area contributed by atoms with E-state index in [4.69, 9.17) is 11.5 Å². The van der Waals surface area contributed by atoms with Crippen molar-refractivity contribution in [2.24, 2.45) is 11.5 Å². The van der Waals surface area contributed by atoms with Crippen LogP contribution in [0.4, 0.5) is 4.39 Å². The van der Waals surface area contributed by atoms with Gasteiger partial charge < -0.3 is 11.5 Å². The van der Waals surface area contributed by atoms with Gasteiger partial charge in [-0.3, -0.25) is 4.79 Å². The second-order valence-corrected chi connectivity index (χ2v) is 2.72. The van der Waals surface area contributed by atoms with Gasteiger partial charge in [0.05, 0.1) is 5.56 Å². The van der Waals surface area contributed by atoms with Gasteiger partial charge >= 0.3 is 0 Å². The summed E-state index contributed by atoms with van der Waals surface area (Å²) in [5.74, 6) is -1.34. The highest BCUT2D eigenvalue weighted by atomic mass is 19.1. The van der Waals surface area contributed by atoms with Crippen LogP contribution in [0.25, 0.3) is 0 Å². The van der Waals surface area contributed by atoms with E-state index in [1.807, 2.05) is 0 Å². The van der Waals surface area contributed by atoms with E-state index >= 15 is 0 Å². The Morgan fingerprint density at radius 3 is 2.69 bits per heavy atom. The van der Waals surface area contributed by atoms with Crippen molar-refractivity contribution >= 4 is 5.91 Å². The van der Waals surface area contributed by atoms with Crippen LogP contribution in [0.5, 0.6) is 0 Å². The third-order valence-corrected chi connectivity index (χ3v) is 1.73. The number of nitrogens with two attached hydrogens (primary N) is 2. The van der Waals surface area contributed by atoms with Crippen LogP contribution in [0.2, 0.25) is 0 Å². The molecule has 0 aromatic heterocycles. The molecule has 13 heavy (non-hydrogen) atoms. The highest BCUT2D eigenvalue weighted by molar-refractivity contribution is 5.93. The fourth-order valence-electron chi connectivity index (χ4n) is 1.08. The summed E-state index contributed by atoms with van der Waals surface area (Å²) in [7, 11) is 0. The zero-order valence-corrected chi connectivity index (χ0v) is 7.09. The Hall–Kier alpha value is -1.42. The minimum Gasteiger partial charge on any atom is -0.366 e. The topological polar surface area (TPSA) is 69.1 Å². The molecule has 0 atom stereocenters. The van der Waals surface area contributed by atoms with Crippen molar-refractivity contribution in [2.75, 3.05) is 6.54 Å². The van der Waals surface area contributed by atoms with E-state index in [9.17, 15) is 9.18 Å². The Kier molecular flexibility index (Phi) is 2.97. The van der Waals surface area contributed by atoms with Crippen molar-refractivity contribution < 1.29 is 9.18 Å². The molecule has 0 saturated carbocycles. The van der Waals surface area contributed by atoms with E-state index in [1.54, 1.807) is 6.07 Å². The Labute approximate surface area is 75.5 Å². The van der Waals surface area contributed by atoms with Crippen LogP contribution in [0.1, 0.15) is 15.9 Å². The number of carbonyl (C=O) groups excluding carboxylic acids is 1. The van der Waals surface area contributed by atoms with Crippen LogP contribution in [0, 0.1) is 5.82 Å². The quantitative estimate of drug-likeness (QED) is 0.711. The third kappa shape index (κ3) is 2.26. The minimum atomic E-state index is -0.753. The van der Waals surface area contributed by atoms with Crippen LogP contribution >= 0.6 is 0 Å². The van der Waals surface area contributed by atoms with Gasteiger partial charge in [0.25, 0.3) is 5.91 Å². The van der Waals surface area contributed by atoms with Crippen molar-refractivity contribution in [1.82, 2.24) is 0 Å². The van der Waals surface area contributed by atoms with Gasteiger partial charge in [-0.1, -0.05) is 6.07 Å². The first-order chi connectivity index (χ1) is 6.15. The highest BCUT2D eigenvalue weighted by Crippen LogP contribution is 2.10. The minimum absolute atomic E-state index is 0.0778. The summed E-state index contributed by atoms with van der Waals surface area (Å²) in [5, 5.41) is 0. The molecular formula is C9H11FN2O. The molecule has 0 aliphatic carbocycles. The van der Waals surface area contributed by atoms with Crippen molar-refractivity contribution in [2.45, 2.75) is 6.42 Å². The van der Waals surface area contributed by atoms with Crippen LogP contribution < -0.4 is 11.5 Å². The molecule has 1 amide bonds. The Morgan fingerprint density at radius 2 is 2.15 bits per heavy atom. The number of primary amides is 1. The SMILES string of the molecule is NCCc1ccc(F)c(C(N)=O)c1. The molecule has 0 aliphatic heterocycles. The molecule has 1 aromatic carbocycles. The summed E-state index contributed by atoms with van der Waals surface area (Å²) in [6, 6.07) is 4.25. The van der Waals surface area contributed by atoms with Gasteiger partial charge in [0.1, 0.15) is 5.82 Å². The zero-order valence-electron chi connectivity index (χ0n) is 7.09. The van der Waals surface area contributed by atoms with Gasteiger partial charge in [-0.05, 0) is 30.7 Å².